The Bertz CT molecular complexity index is 2360. The zero-order chi connectivity index (χ0) is 31.2. The Morgan fingerprint density at radius 3 is 1.15 bits per heavy atom. The average molecular weight is 591 g/mol. The number of aldehydes is 2. The van der Waals surface area contributed by atoms with Crippen LogP contribution in [-0.2, 0) is 0 Å². The van der Waals surface area contributed by atoms with E-state index in [1.54, 1.807) is 0 Å². The minimum Gasteiger partial charge on any atom is -0.298 e. The van der Waals surface area contributed by atoms with Crippen molar-refractivity contribution in [3.8, 4) is 22.3 Å². The van der Waals surface area contributed by atoms with Gasteiger partial charge in [0.25, 0.3) is 0 Å². The third-order valence-corrected chi connectivity index (χ3v) is 9.06. The Morgan fingerprint density at radius 1 is 0.370 bits per heavy atom. The van der Waals surface area contributed by atoms with Gasteiger partial charge in [0.15, 0.2) is 18.4 Å². The first-order valence-corrected chi connectivity index (χ1v) is 15.2. The van der Waals surface area contributed by atoms with Gasteiger partial charge < -0.3 is 0 Å². The lowest BCUT2D eigenvalue weighted by Gasteiger charge is -2.19. The summed E-state index contributed by atoms with van der Waals surface area (Å²) >= 11 is 0. The number of hydrogen-bond acceptors (Lipinski definition) is 3. The van der Waals surface area contributed by atoms with Crippen LogP contribution >= 0.6 is 0 Å². The Kier molecular flexibility index (Phi) is 6.58. The van der Waals surface area contributed by atoms with Gasteiger partial charge in [-0.25, -0.2) is 0 Å². The number of rotatable bonds is 6. The molecule has 0 saturated heterocycles. The van der Waals surface area contributed by atoms with E-state index in [-0.39, 0.29) is 5.78 Å². The highest BCUT2D eigenvalue weighted by molar-refractivity contribution is 6.25. The summed E-state index contributed by atoms with van der Waals surface area (Å²) in [6.45, 7) is 0. The first-order chi connectivity index (χ1) is 22.7. The molecule has 3 nitrogen and oxygen atoms in total. The third-order valence-electron chi connectivity index (χ3n) is 9.06. The molecule has 0 fully saturated rings. The van der Waals surface area contributed by atoms with Gasteiger partial charge in [-0.3, -0.25) is 14.4 Å². The molecule has 0 bridgehead atoms. The fourth-order valence-corrected chi connectivity index (χ4v) is 6.93. The molecule has 46 heavy (non-hydrogen) atoms. The molecule has 0 atom stereocenters. The van der Waals surface area contributed by atoms with E-state index in [0.29, 0.717) is 22.3 Å². The van der Waals surface area contributed by atoms with Crippen LogP contribution in [0.25, 0.3) is 65.3 Å². The van der Waals surface area contributed by atoms with Crippen molar-refractivity contribution >= 4 is 61.4 Å². The summed E-state index contributed by atoms with van der Waals surface area (Å²) in [6, 6.07) is 47.3. The number of fused-ring (bicyclic) bond motifs is 4. The SMILES string of the molecule is O=Cc1ccc(-c2c(C(=O)c3ccc4ccccc4c3-c3ccc(C=O)c4ccccc34)ccc3ccccc23)c2ccccc12. The van der Waals surface area contributed by atoms with Crippen LogP contribution in [0.2, 0.25) is 0 Å². The number of carbonyl (C=O) groups is 3. The van der Waals surface area contributed by atoms with E-state index in [1.807, 2.05) is 121 Å². The zero-order valence-corrected chi connectivity index (χ0v) is 24.7. The van der Waals surface area contributed by atoms with Crippen molar-refractivity contribution in [2.45, 2.75) is 0 Å². The van der Waals surface area contributed by atoms with Crippen molar-refractivity contribution in [2.24, 2.45) is 0 Å². The van der Waals surface area contributed by atoms with Crippen molar-refractivity contribution in [2.75, 3.05) is 0 Å². The van der Waals surface area contributed by atoms with E-state index in [1.165, 1.54) is 0 Å². The second kappa shape index (κ2) is 11.1. The molecule has 0 aromatic heterocycles. The minimum absolute atomic E-state index is 0.103. The van der Waals surface area contributed by atoms with E-state index >= 15 is 4.79 Å². The first-order valence-electron chi connectivity index (χ1n) is 15.2. The lowest BCUT2D eigenvalue weighted by Crippen LogP contribution is -2.07. The smallest absolute Gasteiger partial charge is 0.194 e. The number of ketones is 1. The molecular weight excluding hydrogens is 564 g/mol. The van der Waals surface area contributed by atoms with Gasteiger partial charge in [0.2, 0.25) is 0 Å². The normalized spacial score (nSPS) is 11.3. The predicted octanol–water partition coefficient (Wildman–Crippen LogP) is 10.5. The van der Waals surface area contributed by atoms with Crippen molar-refractivity contribution in [1.29, 1.82) is 0 Å². The van der Waals surface area contributed by atoms with Crippen LogP contribution in [0, 0.1) is 0 Å². The van der Waals surface area contributed by atoms with Crippen LogP contribution in [0.3, 0.4) is 0 Å². The molecule has 8 aromatic carbocycles. The van der Waals surface area contributed by atoms with Crippen LogP contribution < -0.4 is 0 Å². The molecule has 0 heterocycles. The minimum atomic E-state index is -0.103. The Hall–Kier alpha value is -6.19. The fraction of sp³-hybridized carbons (Fsp3) is 0. The molecule has 0 radical (unpaired) electrons. The van der Waals surface area contributed by atoms with E-state index in [9.17, 15) is 9.59 Å². The maximum Gasteiger partial charge on any atom is 0.194 e. The molecule has 0 saturated carbocycles. The predicted molar refractivity (Wildman–Crippen MR) is 188 cm³/mol. The van der Waals surface area contributed by atoms with Gasteiger partial charge in [-0.1, -0.05) is 133 Å². The van der Waals surface area contributed by atoms with E-state index in [2.05, 4.69) is 24.3 Å². The third kappa shape index (κ3) is 4.25. The van der Waals surface area contributed by atoms with E-state index in [4.69, 9.17) is 0 Å². The zero-order valence-electron chi connectivity index (χ0n) is 24.7. The summed E-state index contributed by atoms with van der Waals surface area (Å²) < 4.78 is 0. The van der Waals surface area contributed by atoms with Gasteiger partial charge in [0, 0.05) is 33.4 Å². The van der Waals surface area contributed by atoms with Gasteiger partial charge in [-0.05, 0) is 66.3 Å². The van der Waals surface area contributed by atoms with Crippen LogP contribution in [0.4, 0.5) is 0 Å². The number of benzene rings is 8. The molecule has 0 aliphatic heterocycles. The summed E-state index contributed by atoms with van der Waals surface area (Å²) in [7, 11) is 0. The largest absolute Gasteiger partial charge is 0.298 e. The van der Waals surface area contributed by atoms with Gasteiger partial charge in [-0.2, -0.15) is 0 Å². The lowest BCUT2D eigenvalue weighted by atomic mass is 9.83. The molecule has 0 N–H and O–H groups in total. The Balaban J connectivity index is 1.46. The maximum absolute atomic E-state index is 15.1. The van der Waals surface area contributed by atoms with Crippen molar-refractivity contribution in [1.82, 2.24) is 0 Å². The number of carbonyl (C=O) groups excluding carboxylic acids is 3. The quantitative estimate of drug-likeness (QED) is 0.143. The molecule has 8 rings (SSSR count). The van der Waals surface area contributed by atoms with Crippen molar-refractivity contribution < 1.29 is 14.4 Å². The lowest BCUT2D eigenvalue weighted by molar-refractivity contribution is 0.103. The maximum atomic E-state index is 15.1. The molecule has 216 valence electrons. The highest BCUT2D eigenvalue weighted by Gasteiger charge is 2.24. The molecule has 3 heteroatoms. The Labute approximate surface area is 265 Å². The van der Waals surface area contributed by atoms with Gasteiger partial charge in [-0.15, -0.1) is 0 Å². The van der Waals surface area contributed by atoms with Crippen molar-refractivity contribution in [3.63, 3.8) is 0 Å². The Morgan fingerprint density at radius 2 is 0.739 bits per heavy atom. The van der Waals surface area contributed by atoms with Crippen LogP contribution in [0.15, 0.2) is 146 Å². The molecule has 0 aliphatic carbocycles. The second-order valence-electron chi connectivity index (χ2n) is 11.5. The molecular formula is C43H26O3. The van der Waals surface area contributed by atoms with Crippen LogP contribution in [-0.4, -0.2) is 18.4 Å². The fourth-order valence-electron chi connectivity index (χ4n) is 6.93. The number of hydrogen-bond donors (Lipinski definition) is 0. The average Bonchev–Trinajstić information content (AvgIpc) is 3.13. The first kappa shape index (κ1) is 27.4. The summed E-state index contributed by atoms with van der Waals surface area (Å²) in [5.74, 6) is -0.103. The van der Waals surface area contributed by atoms with E-state index < -0.39 is 0 Å². The standard InChI is InChI=1S/C43H26O3/c44-25-29-19-21-37(35-15-7-5-11-31(29)35)41-33-13-3-1-9-27(33)17-23-39(41)43(46)40-24-18-28-10-2-4-14-34(28)42(40)38-22-20-30(26-45)32-12-6-8-16-36(32)38/h1-26H. The highest BCUT2D eigenvalue weighted by Crippen LogP contribution is 2.42. The molecule has 0 amide bonds. The summed E-state index contributed by atoms with van der Waals surface area (Å²) in [6.07, 6.45) is 1.76. The summed E-state index contributed by atoms with van der Waals surface area (Å²) in [5, 5.41) is 7.46. The van der Waals surface area contributed by atoms with Gasteiger partial charge >= 0.3 is 0 Å². The summed E-state index contributed by atoms with van der Waals surface area (Å²) in [4.78, 5) is 39.1. The summed E-state index contributed by atoms with van der Waals surface area (Å²) in [5.41, 5.74) is 5.81. The van der Waals surface area contributed by atoms with Gasteiger partial charge in [0.05, 0.1) is 0 Å². The topological polar surface area (TPSA) is 51.2 Å². The molecule has 0 aliphatic rings. The molecule has 0 unspecified atom stereocenters. The monoisotopic (exact) mass is 590 g/mol. The molecule has 8 aromatic rings. The van der Waals surface area contributed by atoms with Crippen molar-refractivity contribution in [3.05, 3.63) is 168 Å². The van der Waals surface area contributed by atoms with Crippen LogP contribution in [0.1, 0.15) is 36.6 Å². The van der Waals surface area contributed by atoms with Crippen LogP contribution in [0.5, 0.6) is 0 Å². The molecule has 0 spiro atoms. The van der Waals surface area contributed by atoms with E-state index in [0.717, 1.165) is 77.9 Å². The second-order valence-corrected chi connectivity index (χ2v) is 11.5. The van der Waals surface area contributed by atoms with Gasteiger partial charge in [0.1, 0.15) is 0 Å². The highest BCUT2D eigenvalue weighted by atomic mass is 16.1.